The van der Waals surface area contributed by atoms with Gasteiger partial charge in [-0.15, -0.1) is 0 Å². The van der Waals surface area contributed by atoms with E-state index >= 15 is 0 Å². The van der Waals surface area contributed by atoms with Gasteiger partial charge in [0.15, 0.2) is 0 Å². The summed E-state index contributed by atoms with van der Waals surface area (Å²) in [5, 5.41) is 6.57. The highest BCUT2D eigenvalue weighted by Gasteiger charge is 2.23. The predicted octanol–water partition coefficient (Wildman–Crippen LogP) is 3.41. The molecule has 0 atom stereocenters. The number of hydrogen-bond acceptors (Lipinski definition) is 1. The zero-order valence-electron chi connectivity index (χ0n) is 8.70. The van der Waals surface area contributed by atoms with Gasteiger partial charge in [-0.3, -0.25) is 4.68 Å². The molecule has 1 aromatic heterocycles. The molecule has 0 spiro atoms. The van der Waals surface area contributed by atoms with Crippen LogP contribution in [0.5, 0.6) is 0 Å². The fraction of sp³-hybridized carbons (Fsp3) is 0.417. The van der Waals surface area contributed by atoms with Gasteiger partial charge in [0.1, 0.15) is 0 Å². The minimum atomic E-state index is 0.763. The molecule has 78 valence electrons. The molecule has 15 heavy (non-hydrogen) atoms. The minimum Gasteiger partial charge on any atom is -0.268 e. The molecule has 1 heterocycles. The molecule has 1 aliphatic carbocycles. The van der Waals surface area contributed by atoms with Crippen LogP contribution < -0.4 is 0 Å². The van der Waals surface area contributed by atoms with Crippen molar-refractivity contribution in [2.75, 3.05) is 0 Å². The summed E-state index contributed by atoms with van der Waals surface area (Å²) in [5.41, 5.74) is 2.27. The summed E-state index contributed by atoms with van der Waals surface area (Å²) in [6, 6.07) is 5.93. The van der Waals surface area contributed by atoms with E-state index in [1.807, 2.05) is 12.1 Å². The van der Waals surface area contributed by atoms with Crippen molar-refractivity contribution >= 4 is 22.5 Å². The number of hydrogen-bond donors (Lipinski definition) is 0. The summed E-state index contributed by atoms with van der Waals surface area (Å²) in [4.78, 5) is 0. The fourth-order valence-corrected chi connectivity index (χ4v) is 2.13. The van der Waals surface area contributed by atoms with Crippen LogP contribution in [-0.2, 0) is 6.54 Å². The Morgan fingerprint density at radius 1 is 1.47 bits per heavy atom. The van der Waals surface area contributed by atoms with Gasteiger partial charge in [0, 0.05) is 22.6 Å². The fourth-order valence-electron chi connectivity index (χ4n) is 1.96. The van der Waals surface area contributed by atoms with Crippen molar-refractivity contribution in [1.82, 2.24) is 9.78 Å². The SMILES string of the molecule is Cc1c2ccc(Cl)cc2nn1CC1CC1. The van der Waals surface area contributed by atoms with E-state index in [-0.39, 0.29) is 0 Å². The topological polar surface area (TPSA) is 17.8 Å². The number of halogens is 1. The Labute approximate surface area is 93.8 Å². The number of nitrogens with zero attached hydrogens (tertiary/aromatic N) is 2. The molecule has 2 nitrogen and oxygen atoms in total. The van der Waals surface area contributed by atoms with Crippen molar-refractivity contribution in [3.05, 3.63) is 28.9 Å². The van der Waals surface area contributed by atoms with Crippen LogP contribution in [0.3, 0.4) is 0 Å². The summed E-state index contributed by atoms with van der Waals surface area (Å²) < 4.78 is 2.12. The predicted molar refractivity (Wildman–Crippen MR) is 62.2 cm³/mol. The summed E-state index contributed by atoms with van der Waals surface area (Å²) in [5.74, 6) is 0.855. The molecule has 1 aromatic carbocycles. The lowest BCUT2D eigenvalue weighted by molar-refractivity contribution is 0.555. The molecule has 0 N–H and O–H groups in total. The first-order chi connectivity index (χ1) is 7.24. The minimum absolute atomic E-state index is 0.763. The zero-order chi connectivity index (χ0) is 10.4. The highest BCUT2D eigenvalue weighted by molar-refractivity contribution is 6.31. The Morgan fingerprint density at radius 3 is 3.00 bits per heavy atom. The first-order valence-corrected chi connectivity index (χ1v) is 5.74. The van der Waals surface area contributed by atoms with Crippen molar-refractivity contribution in [3.63, 3.8) is 0 Å². The van der Waals surface area contributed by atoms with Crippen molar-refractivity contribution < 1.29 is 0 Å². The van der Waals surface area contributed by atoms with Crippen molar-refractivity contribution in [2.45, 2.75) is 26.3 Å². The average molecular weight is 221 g/mol. The van der Waals surface area contributed by atoms with E-state index in [1.165, 1.54) is 23.9 Å². The van der Waals surface area contributed by atoms with E-state index in [4.69, 9.17) is 11.6 Å². The standard InChI is InChI=1S/C12H13ClN2/c1-8-11-5-4-10(13)6-12(11)14-15(8)7-9-2-3-9/h4-6,9H,2-3,7H2,1H3. The average Bonchev–Trinajstić information content (AvgIpc) is 2.95. The number of aryl methyl sites for hydroxylation is 1. The summed E-state index contributed by atoms with van der Waals surface area (Å²) in [6.45, 7) is 3.20. The van der Waals surface area contributed by atoms with Gasteiger partial charge in [0.25, 0.3) is 0 Å². The van der Waals surface area contributed by atoms with Gasteiger partial charge in [0.05, 0.1) is 5.52 Å². The monoisotopic (exact) mass is 220 g/mol. The molecule has 2 aromatic rings. The molecule has 3 heteroatoms. The van der Waals surface area contributed by atoms with E-state index in [9.17, 15) is 0 Å². The van der Waals surface area contributed by atoms with Crippen LogP contribution in [0, 0.1) is 12.8 Å². The van der Waals surface area contributed by atoms with Gasteiger partial charge in [-0.25, -0.2) is 0 Å². The van der Waals surface area contributed by atoms with Crippen LogP contribution in [0.15, 0.2) is 18.2 Å². The van der Waals surface area contributed by atoms with Crippen molar-refractivity contribution in [2.24, 2.45) is 5.92 Å². The lowest BCUT2D eigenvalue weighted by atomic mass is 10.2. The van der Waals surface area contributed by atoms with Crippen molar-refractivity contribution in [1.29, 1.82) is 0 Å². The van der Waals surface area contributed by atoms with Gasteiger partial charge in [-0.05, 0) is 43.9 Å². The van der Waals surface area contributed by atoms with Gasteiger partial charge < -0.3 is 0 Å². The molecule has 1 aliphatic rings. The highest BCUT2D eigenvalue weighted by atomic mass is 35.5. The third kappa shape index (κ3) is 1.63. The Kier molecular flexibility index (Phi) is 1.99. The lowest BCUT2D eigenvalue weighted by Crippen LogP contribution is -2.03. The van der Waals surface area contributed by atoms with E-state index in [0.29, 0.717) is 0 Å². The Hall–Kier alpha value is -1.02. The zero-order valence-corrected chi connectivity index (χ0v) is 9.46. The highest BCUT2D eigenvalue weighted by Crippen LogP contribution is 2.32. The quantitative estimate of drug-likeness (QED) is 0.759. The lowest BCUT2D eigenvalue weighted by Gasteiger charge is -2.00. The largest absolute Gasteiger partial charge is 0.268 e. The van der Waals surface area contributed by atoms with Crippen molar-refractivity contribution in [3.8, 4) is 0 Å². The summed E-state index contributed by atoms with van der Waals surface area (Å²) >= 11 is 5.95. The second kappa shape index (κ2) is 3.24. The molecule has 0 amide bonds. The molecule has 0 radical (unpaired) electrons. The molecule has 3 rings (SSSR count). The van der Waals surface area contributed by atoms with Gasteiger partial charge >= 0.3 is 0 Å². The van der Waals surface area contributed by atoms with Gasteiger partial charge in [-0.2, -0.15) is 5.10 Å². The van der Waals surface area contributed by atoms with Crippen LogP contribution in [0.2, 0.25) is 5.02 Å². The maximum Gasteiger partial charge on any atom is 0.0940 e. The van der Waals surface area contributed by atoms with Crippen LogP contribution >= 0.6 is 11.6 Å². The third-order valence-corrected chi connectivity index (χ3v) is 3.33. The van der Waals surface area contributed by atoms with Crippen LogP contribution in [0.4, 0.5) is 0 Å². The molecular formula is C12H13ClN2. The van der Waals surface area contributed by atoms with Crippen LogP contribution in [0.1, 0.15) is 18.5 Å². The van der Waals surface area contributed by atoms with Gasteiger partial charge in [0.2, 0.25) is 0 Å². The molecule has 0 aliphatic heterocycles. The van der Waals surface area contributed by atoms with Gasteiger partial charge in [-0.1, -0.05) is 11.6 Å². The number of fused-ring (bicyclic) bond motifs is 1. The maximum absolute atomic E-state index is 5.95. The number of rotatable bonds is 2. The van der Waals surface area contributed by atoms with E-state index < -0.39 is 0 Å². The summed E-state index contributed by atoms with van der Waals surface area (Å²) in [7, 11) is 0. The number of benzene rings is 1. The Morgan fingerprint density at radius 2 is 2.27 bits per heavy atom. The molecule has 0 saturated heterocycles. The van der Waals surface area contributed by atoms with E-state index in [1.54, 1.807) is 0 Å². The summed E-state index contributed by atoms with van der Waals surface area (Å²) in [6.07, 6.45) is 2.72. The second-order valence-corrected chi connectivity index (χ2v) is 4.81. The third-order valence-electron chi connectivity index (χ3n) is 3.09. The first-order valence-electron chi connectivity index (χ1n) is 5.37. The Balaban J connectivity index is 2.10. The molecule has 1 fully saturated rings. The van der Waals surface area contributed by atoms with E-state index in [2.05, 4.69) is 22.8 Å². The molecular weight excluding hydrogens is 208 g/mol. The molecule has 0 unspecified atom stereocenters. The normalized spacial score (nSPS) is 16.1. The Bertz CT molecular complexity index is 512. The smallest absolute Gasteiger partial charge is 0.0940 e. The first kappa shape index (κ1) is 9.22. The van der Waals surface area contributed by atoms with Crippen LogP contribution in [0.25, 0.3) is 10.9 Å². The van der Waals surface area contributed by atoms with E-state index in [0.717, 1.165) is 23.0 Å². The maximum atomic E-state index is 5.95. The molecule has 0 bridgehead atoms. The number of aromatic nitrogens is 2. The van der Waals surface area contributed by atoms with Crippen LogP contribution in [-0.4, -0.2) is 9.78 Å². The molecule has 1 saturated carbocycles. The second-order valence-electron chi connectivity index (χ2n) is 4.37.